The lowest BCUT2D eigenvalue weighted by Gasteiger charge is -2.38. The number of ether oxygens (including phenoxy) is 1. The molecule has 1 aromatic heterocycles. The number of carbonyl (C=O) groups is 1. The minimum Gasteiger partial charge on any atom is -0.491 e. The molecule has 2 heterocycles. The molecule has 34 heavy (non-hydrogen) atoms. The number of halogens is 1. The van der Waals surface area contributed by atoms with Crippen molar-refractivity contribution in [2.45, 2.75) is 58.7 Å². The smallest absolute Gasteiger partial charge is 0.334 e. The first kappa shape index (κ1) is 24.0. The first-order chi connectivity index (χ1) is 16.4. The predicted octanol–water partition coefficient (Wildman–Crippen LogP) is 5.51. The molecule has 2 aromatic carbocycles. The Hall–Kier alpha value is -3.19. The topological polar surface area (TPSA) is 50.6 Å². The van der Waals surface area contributed by atoms with E-state index in [4.69, 9.17) is 4.74 Å². The van der Waals surface area contributed by atoms with E-state index in [1.54, 1.807) is 29.6 Å². The minimum atomic E-state index is -0.351. The number of carbonyl (C=O) groups excluding carboxylic acids is 1. The summed E-state index contributed by atoms with van der Waals surface area (Å²) >= 11 is 0. The van der Waals surface area contributed by atoms with Crippen LogP contribution in [0.5, 0.6) is 5.75 Å². The molecule has 3 aromatic rings. The van der Waals surface area contributed by atoms with Gasteiger partial charge >= 0.3 is 6.03 Å². The summed E-state index contributed by atoms with van der Waals surface area (Å²) in [4.78, 5) is 21.9. The van der Waals surface area contributed by atoms with E-state index in [0.29, 0.717) is 5.69 Å². The van der Waals surface area contributed by atoms with Crippen molar-refractivity contribution in [2.24, 2.45) is 0 Å². The van der Waals surface area contributed by atoms with Gasteiger partial charge < -0.3 is 4.74 Å². The highest BCUT2D eigenvalue weighted by Gasteiger charge is 2.30. The Morgan fingerprint density at radius 3 is 2.62 bits per heavy atom. The molecule has 0 saturated carbocycles. The molecular formula is C27H33FN4O2. The van der Waals surface area contributed by atoms with E-state index in [2.05, 4.69) is 22.0 Å². The predicted molar refractivity (Wildman–Crippen MR) is 132 cm³/mol. The van der Waals surface area contributed by atoms with Crippen LogP contribution in [0.2, 0.25) is 0 Å². The maximum atomic E-state index is 14.1. The van der Waals surface area contributed by atoms with Crippen molar-refractivity contribution >= 4 is 11.7 Å². The molecule has 0 atom stereocenters. The van der Waals surface area contributed by atoms with Crippen molar-refractivity contribution in [2.75, 3.05) is 18.0 Å². The number of likely N-dealkylation sites (tertiary alicyclic amines) is 1. The van der Waals surface area contributed by atoms with Gasteiger partial charge in [0.25, 0.3) is 0 Å². The van der Waals surface area contributed by atoms with Gasteiger partial charge in [-0.15, -0.1) is 0 Å². The second kappa shape index (κ2) is 10.8. The molecule has 4 rings (SSSR count). The fraction of sp³-hybridized carbons (Fsp3) is 0.407. The number of amides is 1. The molecule has 1 amide bonds. The third-order valence-electron chi connectivity index (χ3n) is 6.11. The molecule has 1 aliphatic heterocycles. The highest BCUT2D eigenvalue weighted by atomic mass is 19.1. The highest BCUT2D eigenvalue weighted by molar-refractivity contribution is 5.94. The van der Waals surface area contributed by atoms with E-state index in [0.717, 1.165) is 50.3 Å². The zero-order chi connectivity index (χ0) is 24.1. The van der Waals surface area contributed by atoms with Gasteiger partial charge in [0, 0.05) is 37.6 Å². The van der Waals surface area contributed by atoms with Crippen molar-refractivity contribution in [3.05, 3.63) is 78.1 Å². The maximum absolute atomic E-state index is 14.1. The first-order valence-electron chi connectivity index (χ1n) is 12.0. The minimum absolute atomic E-state index is 0.0198. The molecule has 0 N–H and O–H groups in total. The summed E-state index contributed by atoms with van der Waals surface area (Å²) in [5.41, 5.74) is 2.64. The largest absolute Gasteiger partial charge is 0.491 e. The lowest BCUT2D eigenvalue weighted by Crippen LogP contribution is -2.48. The van der Waals surface area contributed by atoms with Gasteiger partial charge in [-0.25, -0.2) is 14.2 Å². The van der Waals surface area contributed by atoms with Gasteiger partial charge in [0.1, 0.15) is 17.9 Å². The van der Waals surface area contributed by atoms with Crippen LogP contribution in [-0.4, -0.2) is 45.7 Å². The summed E-state index contributed by atoms with van der Waals surface area (Å²) in [5, 5.41) is 0. The average molecular weight is 465 g/mol. The molecule has 0 radical (unpaired) electrons. The molecule has 0 spiro atoms. The van der Waals surface area contributed by atoms with Gasteiger partial charge in [-0.2, -0.15) is 0 Å². The SMILES string of the molecule is CCc1cn(C(=O)N(c2cccc(F)c2)C2CCN(Cc3cccc(OC(C)C)c3)CC2)cn1. The molecule has 180 valence electrons. The molecular weight excluding hydrogens is 431 g/mol. The van der Waals surface area contributed by atoms with Crippen LogP contribution >= 0.6 is 0 Å². The van der Waals surface area contributed by atoms with Gasteiger partial charge in [-0.05, 0) is 69.0 Å². The third-order valence-corrected chi connectivity index (χ3v) is 6.11. The second-order valence-corrected chi connectivity index (χ2v) is 9.08. The van der Waals surface area contributed by atoms with Crippen LogP contribution in [0.3, 0.4) is 0 Å². The van der Waals surface area contributed by atoms with E-state index >= 15 is 0 Å². The van der Waals surface area contributed by atoms with Crippen molar-refractivity contribution < 1.29 is 13.9 Å². The highest BCUT2D eigenvalue weighted by Crippen LogP contribution is 2.27. The number of anilines is 1. The number of aromatic nitrogens is 2. The quantitative estimate of drug-likeness (QED) is 0.463. The Balaban J connectivity index is 1.47. The van der Waals surface area contributed by atoms with Crippen LogP contribution in [-0.2, 0) is 13.0 Å². The monoisotopic (exact) mass is 464 g/mol. The van der Waals surface area contributed by atoms with Gasteiger partial charge in [-0.3, -0.25) is 14.4 Å². The molecule has 1 saturated heterocycles. The zero-order valence-electron chi connectivity index (χ0n) is 20.2. The number of hydrogen-bond acceptors (Lipinski definition) is 4. The Kier molecular flexibility index (Phi) is 7.63. The molecule has 6 nitrogen and oxygen atoms in total. The fourth-order valence-electron chi connectivity index (χ4n) is 4.46. The van der Waals surface area contributed by atoms with Gasteiger partial charge in [0.15, 0.2) is 0 Å². The number of aryl methyl sites for hydroxylation is 1. The summed E-state index contributed by atoms with van der Waals surface area (Å²) in [6, 6.07) is 14.3. The number of nitrogens with zero attached hydrogens (tertiary/aromatic N) is 4. The van der Waals surface area contributed by atoms with E-state index in [9.17, 15) is 9.18 Å². The first-order valence-corrected chi connectivity index (χ1v) is 12.0. The van der Waals surface area contributed by atoms with Crippen LogP contribution in [0, 0.1) is 5.82 Å². The number of hydrogen-bond donors (Lipinski definition) is 0. The Morgan fingerprint density at radius 1 is 1.18 bits per heavy atom. The number of rotatable bonds is 7. The number of imidazole rings is 1. The van der Waals surface area contributed by atoms with E-state index in [1.165, 1.54) is 22.3 Å². The van der Waals surface area contributed by atoms with Crippen molar-refractivity contribution in [1.29, 1.82) is 0 Å². The number of piperidine rings is 1. The van der Waals surface area contributed by atoms with E-state index < -0.39 is 0 Å². The summed E-state index contributed by atoms with van der Waals surface area (Å²) in [6.07, 6.45) is 5.81. The Labute approximate surface area is 201 Å². The lowest BCUT2D eigenvalue weighted by atomic mass is 10.0. The summed E-state index contributed by atoms with van der Waals surface area (Å²) < 4.78 is 21.4. The number of benzene rings is 2. The lowest BCUT2D eigenvalue weighted by molar-refractivity contribution is 0.197. The van der Waals surface area contributed by atoms with Gasteiger partial charge in [0.05, 0.1) is 11.8 Å². The fourth-order valence-corrected chi connectivity index (χ4v) is 4.46. The van der Waals surface area contributed by atoms with E-state index in [-0.39, 0.29) is 24.0 Å². The van der Waals surface area contributed by atoms with Crippen LogP contribution in [0.25, 0.3) is 0 Å². The summed E-state index contributed by atoms with van der Waals surface area (Å²) in [6.45, 7) is 8.58. The second-order valence-electron chi connectivity index (χ2n) is 9.08. The molecule has 7 heteroatoms. The van der Waals surface area contributed by atoms with Crippen molar-refractivity contribution in [1.82, 2.24) is 14.5 Å². The molecule has 0 bridgehead atoms. The molecule has 1 aliphatic rings. The van der Waals surface area contributed by atoms with Crippen LogP contribution in [0.4, 0.5) is 14.9 Å². The standard InChI is InChI=1S/C27H33FN4O2/c1-4-23-18-31(19-29-23)27(33)32(25-9-6-8-22(28)16-25)24-11-13-30(14-12-24)17-21-7-5-10-26(15-21)34-20(2)3/h5-10,15-16,18-20,24H,4,11-14,17H2,1-3H3. The Bertz CT molecular complexity index is 1110. The van der Waals surface area contributed by atoms with Gasteiger partial charge in [0.2, 0.25) is 0 Å². The zero-order valence-corrected chi connectivity index (χ0v) is 20.2. The third kappa shape index (κ3) is 5.83. The van der Waals surface area contributed by atoms with Crippen LogP contribution < -0.4 is 9.64 Å². The summed E-state index contributed by atoms with van der Waals surface area (Å²) in [5.74, 6) is 0.535. The van der Waals surface area contributed by atoms with E-state index in [1.807, 2.05) is 32.9 Å². The molecule has 1 fully saturated rings. The maximum Gasteiger partial charge on any atom is 0.334 e. The molecule has 0 aliphatic carbocycles. The normalized spacial score (nSPS) is 15.0. The summed E-state index contributed by atoms with van der Waals surface area (Å²) in [7, 11) is 0. The van der Waals surface area contributed by atoms with Crippen molar-refractivity contribution in [3.8, 4) is 5.75 Å². The Morgan fingerprint density at radius 2 is 1.94 bits per heavy atom. The average Bonchev–Trinajstić information content (AvgIpc) is 3.30. The molecule has 0 unspecified atom stereocenters. The van der Waals surface area contributed by atoms with Crippen LogP contribution in [0.15, 0.2) is 61.1 Å². The van der Waals surface area contributed by atoms with Crippen molar-refractivity contribution in [3.63, 3.8) is 0 Å². The van der Waals surface area contributed by atoms with Crippen LogP contribution in [0.1, 0.15) is 44.9 Å². The van der Waals surface area contributed by atoms with Gasteiger partial charge in [-0.1, -0.05) is 25.1 Å².